The minimum Gasteiger partial charge on any atom is -0.355 e. The van der Waals surface area contributed by atoms with Gasteiger partial charge >= 0.3 is 0 Å². The van der Waals surface area contributed by atoms with Gasteiger partial charge in [-0.25, -0.2) is 0 Å². The van der Waals surface area contributed by atoms with Gasteiger partial charge in [0.15, 0.2) is 0 Å². The number of nitrogens with one attached hydrogen (secondary N) is 1. The zero-order chi connectivity index (χ0) is 17.1. The molecule has 2 unspecified atom stereocenters. The van der Waals surface area contributed by atoms with Gasteiger partial charge < -0.3 is 11.1 Å². The Morgan fingerprint density at radius 2 is 1.75 bits per heavy atom. The van der Waals surface area contributed by atoms with Crippen molar-refractivity contribution in [2.75, 3.05) is 19.6 Å². The summed E-state index contributed by atoms with van der Waals surface area (Å²) < 4.78 is 0. The van der Waals surface area contributed by atoms with Crippen molar-refractivity contribution in [3.63, 3.8) is 0 Å². The Morgan fingerprint density at radius 1 is 1.12 bits per heavy atom. The highest BCUT2D eigenvalue weighted by Gasteiger charge is 2.39. The van der Waals surface area contributed by atoms with Gasteiger partial charge in [-0.1, -0.05) is 25.0 Å². The van der Waals surface area contributed by atoms with E-state index < -0.39 is 0 Å². The van der Waals surface area contributed by atoms with E-state index in [4.69, 9.17) is 5.73 Å². The molecule has 1 aliphatic heterocycles. The van der Waals surface area contributed by atoms with Crippen LogP contribution in [0.25, 0.3) is 0 Å². The van der Waals surface area contributed by atoms with E-state index >= 15 is 0 Å². The van der Waals surface area contributed by atoms with E-state index in [1.807, 2.05) is 0 Å². The van der Waals surface area contributed by atoms with Crippen molar-refractivity contribution in [1.82, 2.24) is 10.2 Å². The highest BCUT2D eigenvalue weighted by atomic mass is 16.2. The van der Waals surface area contributed by atoms with Gasteiger partial charge in [0.25, 0.3) is 11.8 Å². The van der Waals surface area contributed by atoms with Crippen molar-refractivity contribution in [2.45, 2.75) is 25.7 Å². The zero-order valence-corrected chi connectivity index (χ0v) is 13.7. The molecular formula is C18H23N3O3. The number of amides is 3. The summed E-state index contributed by atoms with van der Waals surface area (Å²) in [5.41, 5.74) is 6.37. The standard InChI is InChI=1S/C18H23N3O3/c19-9-10-20-16(22)13-6-2-1-5-12(13)11-21-17(23)14-7-3-4-8-15(14)18(21)24/h3-4,7-8,12-13H,1-2,5-6,9-11,19H2,(H,20,22). The number of hydrogen-bond acceptors (Lipinski definition) is 4. The molecule has 0 radical (unpaired) electrons. The molecular weight excluding hydrogens is 306 g/mol. The van der Waals surface area contributed by atoms with Gasteiger partial charge in [-0.05, 0) is 30.9 Å². The van der Waals surface area contributed by atoms with Gasteiger partial charge in [-0.15, -0.1) is 0 Å². The maximum absolute atomic E-state index is 12.5. The molecule has 128 valence electrons. The van der Waals surface area contributed by atoms with E-state index in [1.54, 1.807) is 24.3 Å². The van der Waals surface area contributed by atoms with E-state index in [9.17, 15) is 14.4 Å². The van der Waals surface area contributed by atoms with Crippen molar-refractivity contribution in [1.29, 1.82) is 0 Å². The number of fused-ring (bicyclic) bond motifs is 1. The van der Waals surface area contributed by atoms with Gasteiger partial charge in [-0.3, -0.25) is 19.3 Å². The lowest BCUT2D eigenvalue weighted by Gasteiger charge is -2.32. The average molecular weight is 329 g/mol. The lowest BCUT2D eigenvalue weighted by Crippen LogP contribution is -2.44. The smallest absolute Gasteiger partial charge is 0.261 e. The second kappa shape index (κ2) is 7.13. The summed E-state index contributed by atoms with van der Waals surface area (Å²) in [6, 6.07) is 6.89. The van der Waals surface area contributed by atoms with Crippen molar-refractivity contribution in [2.24, 2.45) is 17.6 Å². The molecule has 1 fully saturated rings. The van der Waals surface area contributed by atoms with Crippen molar-refractivity contribution in [3.05, 3.63) is 35.4 Å². The number of nitrogens with two attached hydrogens (primary N) is 1. The maximum atomic E-state index is 12.5. The maximum Gasteiger partial charge on any atom is 0.261 e. The molecule has 24 heavy (non-hydrogen) atoms. The lowest BCUT2D eigenvalue weighted by molar-refractivity contribution is -0.127. The Bertz CT molecular complexity index is 624. The molecule has 3 amide bonds. The molecule has 3 N–H and O–H groups in total. The molecule has 3 rings (SSSR count). The first kappa shape index (κ1) is 16.6. The lowest BCUT2D eigenvalue weighted by atomic mass is 9.78. The molecule has 1 saturated carbocycles. The second-order valence-corrected chi connectivity index (χ2v) is 6.50. The number of nitrogens with zero attached hydrogens (tertiary/aromatic N) is 1. The Balaban J connectivity index is 1.73. The largest absolute Gasteiger partial charge is 0.355 e. The number of imide groups is 1. The number of hydrogen-bond donors (Lipinski definition) is 2. The van der Waals surface area contributed by atoms with Crippen LogP contribution in [0.5, 0.6) is 0 Å². The summed E-state index contributed by atoms with van der Waals surface area (Å²) in [6.45, 7) is 1.17. The quantitative estimate of drug-likeness (QED) is 0.793. The van der Waals surface area contributed by atoms with Crippen molar-refractivity contribution >= 4 is 17.7 Å². The topological polar surface area (TPSA) is 92.5 Å². The van der Waals surface area contributed by atoms with Crippen LogP contribution in [-0.2, 0) is 4.79 Å². The molecule has 6 nitrogen and oxygen atoms in total. The van der Waals surface area contributed by atoms with Gasteiger partial charge in [0.1, 0.15) is 0 Å². The predicted octanol–water partition coefficient (Wildman–Crippen LogP) is 1.16. The summed E-state index contributed by atoms with van der Waals surface area (Å²) in [6.07, 6.45) is 3.67. The third-order valence-electron chi connectivity index (χ3n) is 4.98. The Morgan fingerprint density at radius 3 is 2.38 bits per heavy atom. The predicted molar refractivity (Wildman–Crippen MR) is 89.3 cm³/mol. The molecule has 1 aromatic rings. The van der Waals surface area contributed by atoms with E-state index in [-0.39, 0.29) is 29.6 Å². The minimum absolute atomic E-state index is 0.0123. The van der Waals surface area contributed by atoms with Crippen molar-refractivity contribution < 1.29 is 14.4 Å². The first-order valence-corrected chi connectivity index (χ1v) is 8.56. The normalized spacial score (nSPS) is 23.3. The number of carbonyl (C=O) groups excluding carboxylic acids is 3. The van der Waals surface area contributed by atoms with Crippen LogP contribution in [0.2, 0.25) is 0 Å². The molecule has 6 heteroatoms. The van der Waals surface area contributed by atoms with Crippen LogP contribution in [0.4, 0.5) is 0 Å². The zero-order valence-electron chi connectivity index (χ0n) is 13.7. The molecule has 1 aromatic carbocycles. The van der Waals surface area contributed by atoms with E-state index in [1.165, 1.54) is 4.90 Å². The van der Waals surface area contributed by atoms with Crippen LogP contribution < -0.4 is 11.1 Å². The monoisotopic (exact) mass is 329 g/mol. The van der Waals surface area contributed by atoms with E-state index in [2.05, 4.69) is 5.32 Å². The Labute approximate surface area is 141 Å². The fourth-order valence-electron chi connectivity index (χ4n) is 3.74. The highest BCUT2D eigenvalue weighted by Crippen LogP contribution is 2.33. The van der Waals surface area contributed by atoms with Gasteiger partial charge in [0, 0.05) is 25.6 Å². The molecule has 0 bridgehead atoms. The van der Waals surface area contributed by atoms with E-state index in [0.29, 0.717) is 30.8 Å². The van der Waals surface area contributed by atoms with Crippen LogP contribution in [0.15, 0.2) is 24.3 Å². The van der Waals surface area contributed by atoms with Crippen molar-refractivity contribution in [3.8, 4) is 0 Å². The number of benzene rings is 1. The first-order valence-electron chi connectivity index (χ1n) is 8.56. The molecule has 0 saturated heterocycles. The van der Waals surface area contributed by atoms with Crippen LogP contribution in [-0.4, -0.2) is 42.3 Å². The van der Waals surface area contributed by atoms with Gasteiger partial charge in [0.05, 0.1) is 11.1 Å². The molecule has 2 aliphatic rings. The van der Waals surface area contributed by atoms with Crippen LogP contribution in [0, 0.1) is 11.8 Å². The molecule has 1 heterocycles. The summed E-state index contributed by atoms with van der Waals surface area (Å²) in [5, 5.41) is 2.84. The third kappa shape index (κ3) is 3.06. The Hall–Kier alpha value is -2.21. The molecule has 0 aromatic heterocycles. The van der Waals surface area contributed by atoms with Crippen LogP contribution in [0.1, 0.15) is 46.4 Å². The molecule has 1 aliphatic carbocycles. The SMILES string of the molecule is NCCNC(=O)C1CCCCC1CN1C(=O)c2ccccc2C1=O. The molecule has 2 atom stereocenters. The number of carbonyl (C=O) groups is 3. The molecule has 0 spiro atoms. The highest BCUT2D eigenvalue weighted by molar-refractivity contribution is 6.21. The number of rotatable bonds is 5. The summed E-state index contributed by atoms with van der Waals surface area (Å²) in [5.74, 6) is -0.653. The summed E-state index contributed by atoms with van der Waals surface area (Å²) >= 11 is 0. The fourth-order valence-corrected chi connectivity index (χ4v) is 3.74. The van der Waals surface area contributed by atoms with Gasteiger partial charge in [-0.2, -0.15) is 0 Å². The third-order valence-corrected chi connectivity index (χ3v) is 4.98. The van der Waals surface area contributed by atoms with Crippen LogP contribution >= 0.6 is 0 Å². The van der Waals surface area contributed by atoms with Crippen LogP contribution in [0.3, 0.4) is 0 Å². The summed E-state index contributed by atoms with van der Waals surface area (Å²) in [4.78, 5) is 38.7. The van der Waals surface area contributed by atoms with Gasteiger partial charge in [0.2, 0.25) is 5.91 Å². The minimum atomic E-state index is -0.248. The first-order chi connectivity index (χ1) is 11.6. The summed E-state index contributed by atoms with van der Waals surface area (Å²) in [7, 11) is 0. The second-order valence-electron chi connectivity index (χ2n) is 6.50. The van der Waals surface area contributed by atoms with E-state index in [0.717, 1.165) is 25.7 Å². The fraction of sp³-hybridized carbons (Fsp3) is 0.500. The Kier molecular flexibility index (Phi) is 4.94. The average Bonchev–Trinajstić information content (AvgIpc) is 2.85.